The van der Waals surface area contributed by atoms with Gasteiger partial charge in [-0.05, 0) is 108 Å². The zero-order valence-corrected chi connectivity index (χ0v) is 22.9. The number of nitrogens with zero attached hydrogens (tertiary/aromatic N) is 3. The fraction of sp³-hybridized carbons (Fsp3) is 0.893. The molecule has 1 aliphatic heterocycles. The average Bonchev–Trinajstić information content (AvgIpc) is 3.16. The molecular weight excluding hydrogens is 440 g/mol. The molecule has 7 heteroatoms. The van der Waals surface area contributed by atoms with E-state index in [0.29, 0.717) is 49.2 Å². The fourth-order valence-corrected chi connectivity index (χ4v) is 8.85. The molecule has 1 N–H and O–H groups in total. The molecule has 0 unspecified atom stereocenters. The molecule has 0 spiro atoms. The summed E-state index contributed by atoms with van der Waals surface area (Å²) >= 11 is 0. The maximum atomic E-state index is 13.9. The largest absolute Gasteiger partial charge is 0.342 e. The molecule has 4 fully saturated rings. The van der Waals surface area contributed by atoms with Crippen molar-refractivity contribution in [2.75, 3.05) is 40.8 Å². The van der Waals surface area contributed by atoms with Gasteiger partial charge in [0.15, 0.2) is 0 Å². The molecule has 198 valence electrons. The molecule has 7 atom stereocenters. The zero-order valence-electron chi connectivity index (χ0n) is 22.9. The van der Waals surface area contributed by atoms with Crippen LogP contribution in [0.2, 0.25) is 0 Å². The number of piperidine rings is 1. The first-order valence-electron chi connectivity index (χ1n) is 14.0. The maximum Gasteiger partial charge on any atom is 0.324 e. The van der Waals surface area contributed by atoms with Crippen molar-refractivity contribution in [1.29, 1.82) is 0 Å². The van der Waals surface area contributed by atoms with Crippen LogP contribution in [0.15, 0.2) is 0 Å². The summed E-state index contributed by atoms with van der Waals surface area (Å²) in [5.41, 5.74) is 0.151. The second kappa shape index (κ2) is 10.0. The number of urea groups is 1. The lowest BCUT2D eigenvalue weighted by atomic mass is 9.47. The molecule has 1 saturated heterocycles. The minimum Gasteiger partial charge on any atom is -0.342 e. The van der Waals surface area contributed by atoms with Gasteiger partial charge in [-0.2, -0.15) is 0 Å². The van der Waals surface area contributed by atoms with Crippen molar-refractivity contribution in [3.63, 3.8) is 0 Å². The molecule has 3 saturated carbocycles. The van der Waals surface area contributed by atoms with E-state index in [4.69, 9.17) is 0 Å². The quantitative estimate of drug-likeness (QED) is 0.614. The standard InChI is InChI=1S/C28H48N4O3/c1-7-29-26(35)32(18-8-17-30(4)5)25(34)22-11-10-20-19-9-12-23-28(3,16-14-24(33)31(23)6)21(19)13-15-27(20,22)2/h19-23H,7-18H2,1-6H3,(H,29,35)/t19-,20-,21-,22+,23+,27-,28+/m0/s1. The average molecular weight is 489 g/mol. The van der Waals surface area contributed by atoms with Crippen LogP contribution in [0.1, 0.15) is 78.6 Å². The van der Waals surface area contributed by atoms with Crippen molar-refractivity contribution < 1.29 is 14.4 Å². The van der Waals surface area contributed by atoms with E-state index in [2.05, 4.69) is 24.1 Å². The van der Waals surface area contributed by atoms with E-state index < -0.39 is 0 Å². The summed E-state index contributed by atoms with van der Waals surface area (Å²) in [6.07, 6.45) is 8.88. The molecule has 4 rings (SSSR count). The Hall–Kier alpha value is -1.63. The van der Waals surface area contributed by atoms with Crippen LogP contribution in [0.25, 0.3) is 0 Å². The molecule has 7 nitrogen and oxygen atoms in total. The van der Waals surface area contributed by atoms with Gasteiger partial charge in [0.25, 0.3) is 0 Å². The lowest BCUT2D eigenvalue weighted by molar-refractivity contribution is -0.160. The molecule has 0 bridgehead atoms. The maximum absolute atomic E-state index is 13.9. The molecule has 4 aliphatic rings. The lowest BCUT2D eigenvalue weighted by Crippen LogP contribution is -2.61. The zero-order chi connectivity index (χ0) is 25.5. The van der Waals surface area contributed by atoms with E-state index in [9.17, 15) is 14.4 Å². The van der Waals surface area contributed by atoms with Crippen LogP contribution in [0, 0.1) is 34.5 Å². The van der Waals surface area contributed by atoms with E-state index in [-0.39, 0.29) is 28.7 Å². The van der Waals surface area contributed by atoms with Gasteiger partial charge in [0.2, 0.25) is 11.8 Å². The monoisotopic (exact) mass is 488 g/mol. The van der Waals surface area contributed by atoms with Gasteiger partial charge in [-0.1, -0.05) is 13.8 Å². The van der Waals surface area contributed by atoms with E-state index in [0.717, 1.165) is 57.9 Å². The van der Waals surface area contributed by atoms with Crippen LogP contribution >= 0.6 is 0 Å². The predicted molar refractivity (Wildman–Crippen MR) is 138 cm³/mol. The Morgan fingerprint density at radius 2 is 1.71 bits per heavy atom. The number of nitrogens with one attached hydrogen (secondary N) is 1. The van der Waals surface area contributed by atoms with Gasteiger partial charge in [0.1, 0.15) is 0 Å². The Morgan fingerprint density at radius 3 is 2.40 bits per heavy atom. The number of likely N-dealkylation sites (tertiary alicyclic amines) is 1. The van der Waals surface area contributed by atoms with Crippen LogP contribution < -0.4 is 5.32 Å². The highest BCUT2D eigenvalue weighted by molar-refractivity contribution is 5.96. The Labute approximate surface area is 212 Å². The van der Waals surface area contributed by atoms with Crippen LogP contribution in [0.3, 0.4) is 0 Å². The van der Waals surface area contributed by atoms with Gasteiger partial charge in [-0.3, -0.25) is 14.5 Å². The first-order valence-corrected chi connectivity index (χ1v) is 14.0. The first-order chi connectivity index (χ1) is 16.5. The molecule has 0 aromatic rings. The number of carbonyl (C=O) groups excluding carboxylic acids is 3. The summed E-state index contributed by atoms with van der Waals surface area (Å²) < 4.78 is 0. The van der Waals surface area contributed by atoms with Crippen LogP contribution in [-0.4, -0.2) is 79.4 Å². The number of fused-ring (bicyclic) bond motifs is 5. The second-order valence-electron chi connectivity index (χ2n) is 12.6. The Bertz CT molecular complexity index is 831. The Kier molecular flexibility index (Phi) is 7.57. The summed E-state index contributed by atoms with van der Waals surface area (Å²) in [6.45, 7) is 8.56. The third-order valence-electron chi connectivity index (χ3n) is 10.7. The Balaban J connectivity index is 1.52. The number of hydrogen-bond acceptors (Lipinski definition) is 4. The highest BCUT2D eigenvalue weighted by Crippen LogP contribution is 2.66. The van der Waals surface area contributed by atoms with Crippen molar-refractivity contribution in [3.05, 3.63) is 0 Å². The topological polar surface area (TPSA) is 73.0 Å². The fourth-order valence-electron chi connectivity index (χ4n) is 8.85. The highest BCUT2D eigenvalue weighted by atomic mass is 16.2. The van der Waals surface area contributed by atoms with Crippen molar-refractivity contribution in [2.24, 2.45) is 34.5 Å². The number of carbonyl (C=O) groups is 3. The van der Waals surface area contributed by atoms with Gasteiger partial charge in [0, 0.05) is 38.5 Å². The van der Waals surface area contributed by atoms with Crippen molar-refractivity contribution in [1.82, 2.24) is 20.0 Å². The molecule has 4 amide bonds. The van der Waals surface area contributed by atoms with E-state index in [1.54, 1.807) is 0 Å². The lowest BCUT2D eigenvalue weighted by Gasteiger charge is -2.61. The molecule has 1 heterocycles. The Morgan fingerprint density at radius 1 is 1.00 bits per heavy atom. The molecule has 0 radical (unpaired) electrons. The summed E-state index contributed by atoms with van der Waals surface area (Å²) in [7, 11) is 6.05. The first kappa shape index (κ1) is 26.4. The summed E-state index contributed by atoms with van der Waals surface area (Å²) in [4.78, 5) is 45.0. The molecule has 0 aromatic carbocycles. The normalized spacial score (nSPS) is 38.5. The van der Waals surface area contributed by atoms with E-state index in [1.165, 1.54) is 4.90 Å². The molecule has 35 heavy (non-hydrogen) atoms. The van der Waals surface area contributed by atoms with Gasteiger partial charge in [-0.25, -0.2) is 4.79 Å². The third kappa shape index (κ3) is 4.51. The van der Waals surface area contributed by atoms with Gasteiger partial charge >= 0.3 is 6.03 Å². The number of rotatable bonds is 6. The van der Waals surface area contributed by atoms with Crippen molar-refractivity contribution >= 4 is 17.8 Å². The third-order valence-corrected chi connectivity index (χ3v) is 10.7. The molecular formula is C28H48N4O3. The highest BCUT2D eigenvalue weighted by Gasteiger charge is 2.62. The number of imide groups is 1. The predicted octanol–water partition coefficient (Wildman–Crippen LogP) is 3.98. The molecule has 3 aliphatic carbocycles. The van der Waals surface area contributed by atoms with Crippen LogP contribution in [0.5, 0.6) is 0 Å². The second-order valence-corrected chi connectivity index (χ2v) is 12.6. The smallest absolute Gasteiger partial charge is 0.324 e. The van der Waals surface area contributed by atoms with Crippen molar-refractivity contribution in [3.8, 4) is 0 Å². The summed E-state index contributed by atoms with van der Waals surface area (Å²) in [6, 6.07) is 0.123. The minimum atomic E-state index is -0.236. The molecule has 0 aromatic heterocycles. The summed E-state index contributed by atoms with van der Waals surface area (Å²) in [5.74, 6) is 2.06. The van der Waals surface area contributed by atoms with Gasteiger partial charge < -0.3 is 15.1 Å². The van der Waals surface area contributed by atoms with Crippen molar-refractivity contribution in [2.45, 2.75) is 84.6 Å². The van der Waals surface area contributed by atoms with E-state index in [1.807, 2.05) is 33.0 Å². The minimum absolute atomic E-state index is 0.0376. The van der Waals surface area contributed by atoms with Crippen LogP contribution in [0.4, 0.5) is 4.79 Å². The van der Waals surface area contributed by atoms with Gasteiger partial charge in [-0.15, -0.1) is 0 Å². The van der Waals surface area contributed by atoms with Gasteiger partial charge in [0.05, 0.1) is 0 Å². The summed E-state index contributed by atoms with van der Waals surface area (Å²) in [5, 5.41) is 2.88. The SMILES string of the molecule is CCNC(=O)N(CCCN(C)C)C(=O)[C@H]1CC[C@H]2[C@@H]3CC[C@H]4N(C)C(=O)CC[C@]4(C)[C@H]3CC[C@]12C. The number of hydrogen-bond donors (Lipinski definition) is 1. The number of amides is 4. The van der Waals surface area contributed by atoms with Crippen LogP contribution in [-0.2, 0) is 9.59 Å². The van der Waals surface area contributed by atoms with E-state index >= 15 is 0 Å².